The van der Waals surface area contributed by atoms with E-state index >= 15 is 0 Å². The van der Waals surface area contributed by atoms with Gasteiger partial charge >= 0.3 is 0 Å². The zero-order valence-corrected chi connectivity index (χ0v) is 13.1. The standard InChI is InChI=1S/C6H3Br3N2O2.C2H7N/c7-3-1-4(8)6(5(9)2-3)10-11(12)13;1-2-3/h1-2,10H;2-3H2,1H3. The first-order valence-electron chi connectivity index (χ1n) is 4.18. The molecule has 0 bridgehead atoms. The van der Waals surface area contributed by atoms with Crippen molar-refractivity contribution >= 4 is 53.5 Å². The summed E-state index contributed by atoms with van der Waals surface area (Å²) < 4.78 is 2.07. The summed E-state index contributed by atoms with van der Waals surface area (Å²) in [5.74, 6) is 0. The zero-order chi connectivity index (χ0) is 12.7. The molecule has 0 aromatic heterocycles. The van der Waals surface area contributed by atoms with Gasteiger partial charge in [0.2, 0.25) is 0 Å². The maximum atomic E-state index is 10.2. The molecule has 0 heterocycles. The van der Waals surface area contributed by atoms with E-state index in [-0.39, 0.29) is 0 Å². The molecule has 0 unspecified atom stereocenters. The summed E-state index contributed by atoms with van der Waals surface area (Å²) in [6.45, 7) is 2.65. The van der Waals surface area contributed by atoms with Crippen LogP contribution in [0.3, 0.4) is 0 Å². The van der Waals surface area contributed by atoms with Crippen LogP contribution in [0, 0.1) is 10.1 Å². The number of nitrogens with one attached hydrogen (secondary N) is 1. The Balaban J connectivity index is 0.000000673. The second-order valence-electron chi connectivity index (χ2n) is 2.52. The van der Waals surface area contributed by atoms with Crippen molar-refractivity contribution in [2.45, 2.75) is 6.92 Å². The van der Waals surface area contributed by atoms with Crippen molar-refractivity contribution in [3.05, 3.63) is 35.7 Å². The van der Waals surface area contributed by atoms with E-state index in [0.29, 0.717) is 14.6 Å². The SMILES string of the molecule is CCN.O=[N+]([O-])Nc1c(Br)cc(Br)cc1Br. The highest BCUT2D eigenvalue weighted by atomic mass is 79.9. The van der Waals surface area contributed by atoms with Gasteiger partial charge in [-0.15, -0.1) is 5.43 Å². The maximum absolute atomic E-state index is 10.2. The number of hydrogen-bond donors (Lipinski definition) is 2. The third-order valence-electron chi connectivity index (χ3n) is 1.21. The summed E-state index contributed by atoms with van der Waals surface area (Å²) in [7, 11) is 0. The van der Waals surface area contributed by atoms with E-state index in [1.807, 2.05) is 6.92 Å². The summed E-state index contributed by atoms with van der Waals surface area (Å²) in [6, 6.07) is 3.44. The minimum absolute atomic E-state index is 0.396. The van der Waals surface area contributed by atoms with Crippen molar-refractivity contribution in [3.63, 3.8) is 0 Å². The predicted octanol–water partition coefficient (Wildman–Crippen LogP) is 3.54. The Labute approximate surface area is 118 Å². The van der Waals surface area contributed by atoms with E-state index in [9.17, 15) is 10.1 Å². The largest absolute Gasteiger partial charge is 0.331 e. The van der Waals surface area contributed by atoms with Crippen molar-refractivity contribution in [3.8, 4) is 0 Å². The number of hydrazine groups is 1. The number of halogens is 3. The third-order valence-corrected chi connectivity index (χ3v) is 2.92. The van der Waals surface area contributed by atoms with Gasteiger partial charge in [0.25, 0.3) is 0 Å². The molecular formula is C8H10Br3N3O2. The molecule has 0 aliphatic heterocycles. The molecule has 5 nitrogen and oxygen atoms in total. The predicted molar refractivity (Wildman–Crippen MR) is 74.9 cm³/mol. The Bertz CT molecular complexity index is 351. The van der Waals surface area contributed by atoms with Crippen LogP contribution in [-0.4, -0.2) is 11.6 Å². The van der Waals surface area contributed by atoms with Crippen LogP contribution >= 0.6 is 47.8 Å². The normalized spacial score (nSPS) is 9.06. The van der Waals surface area contributed by atoms with Crippen LogP contribution in [0.25, 0.3) is 0 Å². The van der Waals surface area contributed by atoms with Gasteiger partial charge in [-0.05, 0) is 50.5 Å². The third kappa shape index (κ3) is 5.78. The lowest BCUT2D eigenvalue weighted by Gasteiger charge is -2.04. The average Bonchev–Trinajstić information content (AvgIpc) is 2.12. The van der Waals surface area contributed by atoms with Gasteiger partial charge in [0.15, 0.2) is 5.03 Å². The van der Waals surface area contributed by atoms with E-state index in [4.69, 9.17) is 5.73 Å². The van der Waals surface area contributed by atoms with Crippen molar-refractivity contribution in [2.24, 2.45) is 5.73 Å². The van der Waals surface area contributed by atoms with Gasteiger partial charge in [-0.2, -0.15) is 0 Å². The second-order valence-corrected chi connectivity index (χ2v) is 5.15. The number of hydrogen-bond acceptors (Lipinski definition) is 3. The highest BCUT2D eigenvalue weighted by Gasteiger charge is 2.10. The van der Waals surface area contributed by atoms with Gasteiger partial charge in [0.05, 0.1) is 0 Å². The van der Waals surface area contributed by atoms with Gasteiger partial charge in [0.1, 0.15) is 5.69 Å². The number of nitrogens with two attached hydrogens (primary N) is 1. The number of anilines is 1. The zero-order valence-electron chi connectivity index (χ0n) is 8.34. The summed E-state index contributed by atoms with van der Waals surface area (Å²) in [4.78, 5) is 10.2. The Morgan fingerprint density at radius 3 is 2.06 bits per heavy atom. The molecule has 90 valence electrons. The molecule has 8 heteroatoms. The van der Waals surface area contributed by atoms with Crippen LogP contribution in [0.5, 0.6) is 0 Å². The number of nitro groups is 1. The number of benzene rings is 1. The van der Waals surface area contributed by atoms with E-state index in [2.05, 4.69) is 53.2 Å². The lowest BCUT2D eigenvalue weighted by Crippen LogP contribution is -2.08. The van der Waals surface area contributed by atoms with Gasteiger partial charge in [-0.3, -0.25) is 0 Å². The molecule has 0 atom stereocenters. The van der Waals surface area contributed by atoms with E-state index in [1.54, 1.807) is 12.1 Å². The first kappa shape index (κ1) is 15.8. The van der Waals surface area contributed by atoms with E-state index < -0.39 is 5.03 Å². The molecular weight excluding hydrogens is 410 g/mol. The molecule has 0 saturated carbocycles. The lowest BCUT2D eigenvalue weighted by molar-refractivity contribution is -0.445. The Morgan fingerprint density at radius 1 is 1.38 bits per heavy atom. The average molecular weight is 420 g/mol. The lowest BCUT2D eigenvalue weighted by atomic mass is 10.3. The smallest absolute Gasteiger partial charge is 0.162 e. The molecule has 0 saturated heterocycles. The highest BCUT2D eigenvalue weighted by molar-refractivity contribution is 9.11. The summed E-state index contributed by atoms with van der Waals surface area (Å²) in [6.07, 6.45) is 0. The molecule has 0 amide bonds. The first-order valence-corrected chi connectivity index (χ1v) is 6.55. The summed E-state index contributed by atoms with van der Waals surface area (Å²) in [5, 5.41) is 9.59. The van der Waals surface area contributed by atoms with Crippen molar-refractivity contribution in [2.75, 3.05) is 12.0 Å². The molecule has 0 fully saturated rings. The topological polar surface area (TPSA) is 81.2 Å². The van der Waals surface area contributed by atoms with Crippen molar-refractivity contribution in [1.82, 2.24) is 0 Å². The van der Waals surface area contributed by atoms with Gasteiger partial charge in [0, 0.05) is 13.4 Å². The molecule has 1 aromatic rings. The summed E-state index contributed by atoms with van der Waals surface area (Å²) >= 11 is 9.65. The fourth-order valence-corrected chi connectivity index (χ4v) is 3.18. The Kier molecular flexibility index (Phi) is 7.90. The van der Waals surface area contributed by atoms with Gasteiger partial charge in [-0.25, -0.2) is 10.1 Å². The van der Waals surface area contributed by atoms with Crippen LogP contribution in [0.15, 0.2) is 25.6 Å². The molecule has 16 heavy (non-hydrogen) atoms. The van der Waals surface area contributed by atoms with E-state index in [1.165, 1.54) is 0 Å². The van der Waals surface area contributed by atoms with Crippen molar-refractivity contribution < 1.29 is 5.03 Å². The Hall–Kier alpha value is -0.180. The van der Waals surface area contributed by atoms with Crippen LogP contribution in [0.2, 0.25) is 0 Å². The number of rotatable bonds is 2. The molecule has 3 N–H and O–H groups in total. The van der Waals surface area contributed by atoms with Crippen LogP contribution in [0.4, 0.5) is 5.69 Å². The molecule has 1 rings (SSSR count). The van der Waals surface area contributed by atoms with Crippen molar-refractivity contribution in [1.29, 1.82) is 0 Å². The van der Waals surface area contributed by atoms with Crippen LogP contribution < -0.4 is 11.2 Å². The first-order chi connectivity index (χ1) is 7.42. The molecule has 0 spiro atoms. The van der Waals surface area contributed by atoms with Gasteiger partial charge in [-0.1, -0.05) is 22.9 Å². The minimum atomic E-state index is -0.612. The fourth-order valence-electron chi connectivity index (χ4n) is 0.740. The fraction of sp³-hybridized carbons (Fsp3) is 0.250. The molecule has 1 aromatic carbocycles. The summed E-state index contributed by atoms with van der Waals surface area (Å²) in [5.41, 5.74) is 7.32. The minimum Gasteiger partial charge on any atom is -0.331 e. The maximum Gasteiger partial charge on any atom is 0.162 e. The van der Waals surface area contributed by atoms with Gasteiger partial charge < -0.3 is 5.73 Å². The van der Waals surface area contributed by atoms with E-state index in [0.717, 1.165) is 11.0 Å². The molecule has 0 aliphatic carbocycles. The monoisotopic (exact) mass is 417 g/mol. The quantitative estimate of drug-likeness (QED) is 0.567. The van der Waals surface area contributed by atoms with Crippen LogP contribution in [0.1, 0.15) is 6.92 Å². The number of nitrogens with zero attached hydrogens (tertiary/aromatic N) is 1. The Morgan fingerprint density at radius 2 is 1.75 bits per heavy atom. The van der Waals surface area contributed by atoms with Crippen LogP contribution in [-0.2, 0) is 0 Å². The second kappa shape index (κ2) is 7.99. The highest BCUT2D eigenvalue weighted by Crippen LogP contribution is 2.34. The molecule has 0 radical (unpaired) electrons. The molecule has 0 aliphatic rings.